The van der Waals surface area contributed by atoms with Crippen molar-refractivity contribution in [2.75, 3.05) is 26.7 Å². The number of hydrogen-bond acceptors (Lipinski definition) is 3. The van der Waals surface area contributed by atoms with Crippen LogP contribution in [0.1, 0.15) is 39.5 Å². The number of carboxylic acids is 1. The minimum absolute atomic E-state index is 0.389. The Bertz CT molecular complexity index is 186. The van der Waals surface area contributed by atoms with Crippen molar-refractivity contribution in [2.24, 2.45) is 0 Å². The fraction of sp³-hybridized carbons (Fsp3) is 0.917. The molecule has 96 valence electrons. The van der Waals surface area contributed by atoms with Crippen molar-refractivity contribution in [3.63, 3.8) is 0 Å². The van der Waals surface area contributed by atoms with Crippen molar-refractivity contribution in [1.29, 1.82) is 0 Å². The molecule has 1 unspecified atom stereocenters. The number of nitrogens with one attached hydrogen (secondary N) is 1. The van der Waals surface area contributed by atoms with Gasteiger partial charge in [0.15, 0.2) is 0 Å². The van der Waals surface area contributed by atoms with Crippen molar-refractivity contribution in [3.8, 4) is 0 Å². The van der Waals surface area contributed by atoms with E-state index in [0.29, 0.717) is 0 Å². The highest BCUT2D eigenvalue weighted by Gasteiger charge is 2.15. The highest BCUT2D eigenvalue weighted by Crippen LogP contribution is 1.96. The topological polar surface area (TPSA) is 52.6 Å². The highest BCUT2D eigenvalue weighted by molar-refractivity contribution is 5.72. The molecule has 0 aromatic heterocycles. The maximum atomic E-state index is 10.7. The number of rotatable bonds is 10. The van der Waals surface area contributed by atoms with Gasteiger partial charge >= 0.3 is 5.97 Å². The standard InChI is InChI=1S/C12H26N2O2/c1-4-5-6-8-13-9-7-10-14(3)11(2)12(15)16/h11,13H,4-10H2,1-3H3,(H,15,16). The number of aliphatic carboxylic acids is 1. The zero-order valence-corrected chi connectivity index (χ0v) is 10.8. The molecule has 0 heterocycles. The zero-order valence-electron chi connectivity index (χ0n) is 10.8. The first-order valence-electron chi connectivity index (χ1n) is 6.23. The molecule has 0 bridgehead atoms. The van der Waals surface area contributed by atoms with Crippen LogP contribution in [0.3, 0.4) is 0 Å². The van der Waals surface area contributed by atoms with Crippen LogP contribution >= 0.6 is 0 Å². The molecule has 2 N–H and O–H groups in total. The number of carboxylic acid groups (broad SMARTS) is 1. The van der Waals surface area contributed by atoms with Crippen LogP contribution in [-0.4, -0.2) is 48.7 Å². The van der Waals surface area contributed by atoms with E-state index in [1.165, 1.54) is 19.3 Å². The Balaban J connectivity index is 3.34. The predicted molar refractivity (Wildman–Crippen MR) is 66.7 cm³/mol. The van der Waals surface area contributed by atoms with Crippen LogP contribution in [0.5, 0.6) is 0 Å². The summed E-state index contributed by atoms with van der Waals surface area (Å²) < 4.78 is 0. The van der Waals surface area contributed by atoms with Crippen LogP contribution < -0.4 is 5.32 Å². The van der Waals surface area contributed by atoms with Crippen LogP contribution in [0.25, 0.3) is 0 Å². The zero-order chi connectivity index (χ0) is 12.4. The average molecular weight is 230 g/mol. The van der Waals surface area contributed by atoms with Gasteiger partial charge in [0.1, 0.15) is 6.04 Å². The van der Waals surface area contributed by atoms with Gasteiger partial charge in [-0.2, -0.15) is 0 Å². The lowest BCUT2D eigenvalue weighted by Gasteiger charge is -2.20. The first-order valence-corrected chi connectivity index (χ1v) is 6.23. The summed E-state index contributed by atoms with van der Waals surface area (Å²) in [5, 5.41) is 12.2. The quantitative estimate of drug-likeness (QED) is 0.559. The number of nitrogens with zero attached hydrogens (tertiary/aromatic N) is 1. The largest absolute Gasteiger partial charge is 0.480 e. The molecule has 0 saturated carbocycles. The molecule has 4 nitrogen and oxygen atoms in total. The van der Waals surface area contributed by atoms with Gasteiger partial charge in [-0.25, -0.2) is 0 Å². The minimum atomic E-state index is -0.751. The third-order valence-electron chi connectivity index (χ3n) is 2.84. The molecule has 0 aromatic carbocycles. The van der Waals surface area contributed by atoms with Crippen molar-refractivity contribution < 1.29 is 9.90 Å². The summed E-state index contributed by atoms with van der Waals surface area (Å²) in [7, 11) is 1.86. The van der Waals surface area contributed by atoms with E-state index in [9.17, 15) is 4.79 Å². The van der Waals surface area contributed by atoms with Gasteiger partial charge in [0.25, 0.3) is 0 Å². The SMILES string of the molecule is CCCCCNCCCN(C)C(C)C(=O)O. The van der Waals surface area contributed by atoms with E-state index < -0.39 is 5.97 Å². The first-order chi connectivity index (χ1) is 7.59. The number of unbranched alkanes of at least 4 members (excludes halogenated alkanes) is 2. The summed E-state index contributed by atoms with van der Waals surface area (Å²) in [5.41, 5.74) is 0. The highest BCUT2D eigenvalue weighted by atomic mass is 16.4. The maximum Gasteiger partial charge on any atom is 0.320 e. The van der Waals surface area contributed by atoms with Crippen molar-refractivity contribution in [1.82, 2.24) is 10.2 Å². The molecular formula is C12H26N2O2. The second-order valence-electron chi connectivity index (χ2n) is 4.31. The molecule has 0 aliphatic heterocycles. The van der Waals surface area contributed by atoms with E-state index in [0.717, 1.165) is 26.1 Å². The summed E-state index contributed by atoms with van der Waals surface area (Å²) in [5.74, 6) is -0.751. The Labute approximate surface area is 99.0 Å². The molecule has 0 aliphatic rings. The third kappa shape index (κ3) is 7.65. The van der Waals surface area contributed by atoms with E-state index in [1.807, 2.05) is 11.9 Å². The Hall–Kier alpha value is -0.610. The number of carbonyl (C=O) groups is 1. The Morgan fingerprint density at radius 3 is 2.50 bits per heavy atom. The van der Waals surface area contributed by atoms with Gasteiger partial charge in [-0.15, -0.1) is 0 Å². The molecule has 4 heteroatoms. The van der Waals surface area contributed by atoms with Gasteiger partial charge in [-0.05, 0) is 46.4 Å². The molecule has 0 aromatic rings. The van der Waals surface area contributed by atoms with E-state index in [-0.39, 0.29) is 6.04 Å². The van der Waals surface area contributed by atoms with Crippen LogP contribution in [0.2, 0.25) is 0 Å². The molecule has 0 aliphatic carbocycles. The molecule has 1 atom stereocenters. The Morgan fingerprint density at radius 1 is 1.31 bits per heavy atom. The molecule has 0 spiro atoms. The average Bonchev–Trinajstić information content (AvgIpc) is 2.26. The van der Waals surface area contributed by atoms with Crippen LogP contribution in [-0.2, 0) is 4.79 Å². The maximum absolute atomic E-state index is 10.7. The lowest BCUT2D eigenvalue weighted by molar-refractivity contribution is -0.142. The van der Waals surface area contributed by atoms with E-state index in [4.69, 9.17) is 5.11 Å². The number of hydrogen-bond donors (Lipinski definition) is 2. The van der Waals surface area contributed by atoms with Crippen LogP contribution in [0.4, 0.5) is 0 Å². The monoisotopic (exact) mass is 230 g/mol. The van der Waals surface area contributed by atoms with Crippen LogP contribution in [0.15, 0.2) is 0 Å². The lowest BCUT2D eigenvalue weighted by atomic mass is 10.2. The summed E-state index contributed by atoms with van der Waals surface area (Å²) >= 11 is 0. The first kappa shape index (κ1) is 15.4. The van der Waals surface area contributed by atoms with Crippen LogP contribution in [0, 0.1) is 0 Å². The normalized spacial score (nSPS) is 13.0. The summed E-state index contributed by atoms with van der Waals surface area (Å²) in [4.78, 5) is 12.6. The van der Waals surface area contributed by atoms with Crippen molar-refractivity contribution in [3.05, 3.63) is 0 Å². The molecule has 16 heavy (non-hydrogen) atoms. The predicted octanol–water partition coefficient (Wildman–Crippen LogP) is 1.56. The minimum Gasteiger partial charge on any atom is -0.480 e. The number of likely N-dealkylation sites (N-methyl/N-ethyl adjacent to an activating group) is 1. The molecular weight excluding hydrogens is 204 g/mol. The van der Waals surface area contributed by atoms with Gasteiger partial charge in [-0.3, -0.25) is 9.69 Å². The summed E-state index contributed by atoms with van der Waals surface area (Å²) in [6, 6.07) is -0.389. The van der Waals surface area contributed by atoms with Gasteiger partial charge in [0.05, 0.1) is 0 Å². The fourth-order valence-electron chi connectivity index (χ4n) is 1.46. The van der Waals surface area contributed by atoms with E-state index in [1.54, 1.807) is 6.92 Å². The second-order valence-corrected chi connectivity index (χ2v) is 4.31. The van der Waals surface area contributed by atoms with E-state index >= 15 is 0 Å². The third-order valence-corrected chi connectivity index (χ3v) is 2.84. The van der Waals surface area contributed by atoms with Gasteiger partial charge < -0.3 is 10.4 Å². The lowest BCUT2D eigenvalue weighted by Crippen LogP contribution is -2.37. The summed E-state index contributed by atoms with van der Waals surface area (Å²) in [6.45, 7) is 6.79. The molecule has 0 fully saturated rings. The summed E-state index contributed by atoms with van der Waals surface area (Å²) in [6.07, 6.45) is 4.77. The Morgan fingerprint density at radius 2 is 1.94 bits per heavy atom. The molecule has 0 rings (SSSR count). The van der Waals surface area contributed by atoms with E-state index in [2.05, 4.69) is 12.2 Å². The second kappa shape index (κ2) is 9.60. The van der Waals surface area contributed by atoms with Gasteiger partial charge in [0.2, 0.25) is 0 Å². The van der Waals surface area contributed by atoms with Gasteiger partial charge in [-0.1, -0.05) is 19.8 Å². The molecule has 0 saturated heterocycles. The molecule has 0 amide bonds. The van der Waals surface area contributed by atoms with Crippen molar-refractivity contribution >= 4 is 5.97 Å². The smallest absolute Gasteiger partial charge is 0.320 e. The Kier molecular flexibility index (Phi) is 9.24. The van der Waals surface area contributed by atoms with Crippen molar-refractivity contribution in [2.45, 2.75) is 45.6 Å². The molecule has 0 radical (unpaired) electrons. The van der Waals surface area contributed by atoms with Gasteiger partial charge in [0, 0.05) is 0 Å². The fourth-order valence-corrected chi connectivity index (χ4v) is 1.46.